The number of halogens is 3. The molecule has 0 unspecified atom stereocenters. The van der Waals surface area contributed by atoms with Gasteiger partial charge in [-0.3, -0.25) is 4.79 Å². The summed E-state index contributed by atoms with van der Waals surface area (Å²) in [5.74, 6) is -1.68. The van der Waals surface area contributed by atoms with E-state index in [0.29, 0.717) is 0 Å². The number of nitro groups is 1. The number of hydrogen-bond donors (Lipinski definition) is 1. The van der Waals surface area contributed by atoms with E-state index in [0.717, 1.165) is 10.7 Å². The normalized spacial score (nSPS) is 22.0. The van der Waals surface area contributed by atoms with Gasteiger partial charge in [0.25, 0.3) is 11.6 Å². The fourth-order valence-corrected chi connectivity index (χ4v) is 2.64. The molecule has 25 heavy (non-hydrogen) atoms. The predicted octanol–water partition coefficient (Wildman–Crippen LogP) is 1.91. The number of rotatable bonds is 4. The molecule has 1 amide bonds. The second kappa shape index (κ2) is 6.10. The molecule has 0 bridgehead atoms. The van der Waals surface area contributed by atoms with Gasteiger partial charge in [0.1, 0.15) is 0 Å². The Labute approximate surface area is 139 Å². The maximum atomic E-state index is 13.3. The SMILES string of the molecule is CC[C@@H](C(=O)N1N=C(C)C[C@@]1(O)C(F)(F)F)n1nc([N+](=O)[O-])cc1C. The molecule has 2 atom stereocenters. The van der Waals surface area contributed by atoms with Crippen LogP contribution in [0.25, 0.3) is 0 Å². The van der Waals surface area contributed by atoms with E-state index in [1.165, 1.54) is 20.8 Å². The van der Waals surface area contributed by atoms with Gasteiger partial charge in [-0.1, -0.05) is 6.92 Å². The summed E-state index contributed by atoms with van der Waals surface area (Å²) in [5, 5.41) is 28.0. The molecule has 138 valence electrons. The van der Waals surface area contributed by atoms with Crippen LogP contribution in [0, 0.1) is 17.0 Å². The molecule has 0 fully saturated rings. The zero-order valence-corrected chi connectivity index (χ0v) is 13.6. The lowest BCUT2D eigenvalue weighted by molar-refractivity contribution is -0.389. The Morgan fingerprint density at radius 2 is 2.12 bits per heavy atom. The minimum absolute atomic E-state index is 0.00247. The number of amides is 1. The van der Waals surface area contributed by atoms with Crippen LogP contribution in [-0.4, -0.2) is 48.3 Å². The topological polar surface area (TPSA) is 114 Å². The molecule has 1 aromatic rings. The third-order valence-corrected chi connectivity index (χ3v) is 3.85. The number of hydrazone groups is 1. The molecular weight excluding hydrogens is 347 g/mol. The van der Waals surface area contributed by atoms with Gasteiger partial charge < -0.3 is 15.2 Å². The largest absolute Gasteiger partial charge is 0.438 e. The Bertz CT molecular complexity index is 745. The summed E-state index contributed by atoms with van der Waals surface area (Å²) in [7, 11) is 0. The Morgan fingerprint density at radius 1 is 1.52 bits per heavy atom. The Kier molecular flexibility index (Phi) is 4.59. The van der Waals surface area contributed by atoms with Crippen LogP contribution in [-0.2, 0) is 4.79 Å². The van der Waals surface area contributed by atoms with E-state index < -0.39 is 41.0 Å². The maximum absolute atomic E-state index is 13.3. The lowest BCUT2D eigenvalue weighted by Gasteiger charge is -2.34. The highest BCUT2D eigenvalue weighted by Crippen LogP contribution is 2.41. The molecule has 1 aliphatic heterocycles. The Balaban J connectivity index is 2.44. The minimum atomic E-state index is -5.12. The molecule has 0 saturated heterocycles. The quantitative estimate of drug-likeness (QED) is 0.648. The van der Waals surface area contributed by atoms with Crippen molar-refractivity contribution < 1.29 is 28.0 Å². The first-order valence-corrected chi connectivity index (χ1v) is 7.30. The highest BCUT2D eigenvalue weighted by atomic mass is 19.4. The minimum Gasteiger partial charge on any atom is -0.362 e. The number of aliphatic hydroxyl groups is 1. The molecule has 0 saturated carbocycles. The first kappa shape index (κ1) is 18.8. The van der Waals surface area contributed by atoms with Gasteiger partial charge in [-0.05, 0) is 25.2 Å². The molecular formula is C13H16F3N5O4. The molecule has 0 aromatic carbocycles. The standard InChI is InChI=1S/C13H16F3N5O4/c1-4-9(19-8(3)5-10(18-19)21(24)25)11(22)20-12(23,13(14,15)16)6-7(2)17-20/h5,9,23H,4,6H2,1-3H3/t9-,12+/m0/s1. The van der Waals surface area contributed by atoms with Crippen molar-refractivity contribution in [2.75, 3.05) is 0 Å². The maximum Gasteiger partial charge on any atom is 0.438 e. The highest BCUT2D eigenvalue weighted by molar-refractivity contribution is 5.90. The Morgan fingerprint density at radius 3 is 2.56 bits per heavy atom. The lowest BCUT2D eigenvalue weighted by atomic mass is 10.1. The number of hydrogen-bond acceptors (Lipinski definition) is 6. The van der Waals surface area contributed by atoms with Gasteiger partial charge in [-0.2, -0.15) is 28.0 Å². The van der Waals surface area contributed by atoms with Crippen LogP contribution in [0.3, 0.4) is 0 Å². The van der Waals surface area contributed by atoms with Gasteiger partial charge in [0, 0.05) is 12.1 Å². The van der Waals surface area contributed by atoms with Crippen LogP contribution < -0.4 is 0 Å². The van der Waals surface area contributed by atoms with Crippen LogP contribution in [0.5, 0.6) is 0 Å². The summed E-state index contributed by atoms with van der Waals surface area (Å²) < 4.78 is 40.7. The molecule has 9 nitrogen and oxygen atoms in total. The van der Waals surface area contributed by atoms with Gasteiger partial charge in [-0.25, -0.2) is 0 Å². The van der Waals surface area contributed by atoms with Gasteiger partial charge in [0.05, 0.1) is 16.9 Å². The smallest absolute Gasteiger partial charge is 0.362 e. The van der Waals surface area contributed by atoms with Crippen molar-refractivity contribution in [2.24, 2.45) is 5.10 Å². The summed E-state index contributed by atoms with van der Waals surface area (Å²) >= 11 is 0. The van der Waals surface area contributed by atoms with Gasteiger partial charge >= 0.3 is 12.0 Å². The lowest BCUT2D eigenvalue weighted by Crippen LogP contribution is -2.57. The summed E-state index contributed by atoms with van der Waals surface area (Å²) in [4.78, 5) is 22.7. The summed E-state index contributed by atoms with van der Waals surface area (Å²) in [6.45, 7) is 4.20. The number of carbonyl (C=O) groups excluding carboxylic acids is 1. The second-order valence-electron chi connectivity index (χ2n) is 5.75. The summed E-state index contributed by atoms with van der Waals surface area (Å²) in [6, 6.07) is -0.179. The van der Waals surface area contributed by atoms with Crippen LogP contribution in [0.15, 0.2) is 11.2 Å². The molecule has 0 aliphatic carbocycles. The van der Waals surface area contributed by atoms with Crippen molar-refractivity contribution in [1.29, 1.82) is 0 Å². The average Bonchev–Trinajstić information content (AvgIpc) is 3.00. The molecule has 1 aliphatic rings. The molecule has 0 radical (unpaired) electrons. The van der Waals surface area contributed by atoms with E-state index in [2.05, 4.69) is 10.2 Å². The van der Waals surface area contributed by atoms with Crippen molar-refractivity contribution in [3.05, 3.63) is 21.9 Å². The van der Waals surface area contributed by atoms with Crippen LogP contribution in [0.2, 0.25) is 0 Å². The van der Waals surface area contributed by atoms with E-state index >= 15 is 0 Å². The van der Waals surface area contributed by atoms with Crippen LogP contribution >= 0.6 is 0 Å². The fraction of sp³-hybridized carbons (Fsp3) is 0.615. The highest BCUT2D eigenvalue weighted by Gasteiger charge is 2.63. The monoisotopic (exact) mass is 363 g/mol. The van der Waals surface area contributed by atoms with Crippen LogP contribution in [0.1, 0.15) is 38.4 Å². The fourth-order valence-electron chi connectivity index (χ4n) is 2.64. The van der Waals surface area contributed by atoms with E-state index in [9.17, 15) is 33.2 Å². The van der Waals surface area contributed by atoms with Gasteiger partial charge in [0.2, 0.25) is 0 Å². The number of nitrogens with zero attached hydrogens (tertiary/aromatic N) is 5. The number of aryl methyl sites for hydroxylation is 1. The second-order valence-corrected chi connectivity index (χ2v) is 5.75. The molecule has 12 heteroatoms. The van der Waals surface area contributed by atoms with Gasteiger partial charge in [-0.15, -0.1) is 0 Å². The van der Waals surface area contributed by atoms with Crippen LogP contribution in [0.4, 0.5) is 19.0 Å². The number of carbonyl (C=O) groups is 1. The number of alkyl halides is 3. The zero-order valence-electron chi connectivity index (χ0n) is 13.6. The van der Waals surface area contributed by atoms with Crippen molar-refractivity contribution in [2.45, 2.75) is 51.6 Å². The first-order chi connectivity index (χ1) is 11.4. The molecule has 1 N–H and O–H groups in total. The Hall–Kier alpha value is -2.50. The van der Waals surface area contributed by atoms with E-state index in [1.807, 2.05) is 0 Å². The van der Waals surface area contributed by atoms with E-state index in [4.69, 9.17) is 0 Å². The molecule has 2 heterocycles. The first-order valence-electron chi connectivity index (χ1n) is 7.30. The van der Waals surface area contributed by atoms with Crippen molar-refractivity contribution >= 4 is 17.4 Å². The molecule has 0 spiro atoms. The third-order valence-electron chi connectivity index (χ3n) is 3.85. The van der Waals surface area contributed by atoms with Crippen molar-refractivity contribution in [3.8, 4) is 0 Å². The zero-order chi connectivity index (χ0) is 19.2. The predicted molar refractivity (Wildman–Crippen MR) is 78.5 cm³/mol. The van der Waals surface area contributed by atoms with Gasteiger partial charge in [0.15, 0.2) is 6.04 Å². The number of aromatic nitrogens is 2. The molecule has 1 aromatic heterocycles. The average molecular weight is 363 g/mol. The summed E-state index contributed by atoms with van der Waals surface area (Å²) in [5.41, 5.74) is -3.29. The third kappa shape index (κ3) is 3.08. The van der Waals surface area contributed by atoms with E-state index in [-0.39, 0.29) is 22.8 Å². The van der Waals surface area contributed by atoms with E-state index in [1.54, 1.807) is 0 Å². The van der Waals surface area contributed by atoms with Crippen molar-refractivity contribution in [1.82, 2.24) is 14.8 Å². The van der Waals surface area contributed by atoms with Crippen molar-refractivity contribution in [3.63, 3.8) is 0 Å². The molecule has 2 rings (SSSR count). The summed E-state index contributed by atoms with van der Waals surface area (Å²) in [6.07, 6.45) is -5.98.